The van der Waals surface area contributed by atoms with Crippen LogP contribution in [0.3, 0.4) is 0 Å². The molecule has 0 aromatic heterocycles. The lowest BCUT2D eigenvalue weighted by Gasteiger charge is -2.15. The zero-order chi connectivity index (χ0) is 15.2. The molecule has 1 amide bonds. The quantitative estimate of drug-likeness (QED) is 0.862. The summed E-state index contributed by atoms with van der Waals surface area (Å²) in [5.74, 6) is -0.0997. The SMILES string of the molecule is CC(NC(=O)CNc1ccc(Cl)cc1Cl)c1ccccc1. The van der Waals surface area contributed by atoms with Gasteiger partial charge in [0, 0.05) is 5.02 Å². The van der Waals surface area contributed by atoms with Crippen LogP contribution in [-0.2, 0) is 4.79 Å². The summed E-state index contributed by atoms with van der Waals surface area (Å²) in [5.41, 5.74) is 1.75. The molecule has 0 saturated carbocycles. The molecule has 0 radical (unpaired) electrons. The van der Waals surface area contributed by atoms with Gasteiger partial charge >= 0.3 is 0 Å². The molecule has 0 aliphatic rings. The molecule has 21 heavy (non-hydrogen) atoms. The Labute approximate surface area is 134 Å². The Kier molecular flexibility index (Phi) is 5.48. The molecule has 1 atom stereocenters. The average molecular weight is 323 g/mol. The van der Waals surface area contributed by atoms with Crippen molar-refractivity contribution >= 4 is 34.8 Å². The van der Waals surface area contributed by atoms with E-state index < -0.39 is 0 Å². The van der Waals surface area contributed by atoms with Gasteiger partial charge in [-0.3, -0.25) is 4.79 Å². The van der Waals surface area contributed by atoms with E-state index in [-0.39, 0.29) is 18.5 Å². The Bertz CT molecular complexity index is 617. The van der Waals surface area contributed by atoms with Crippen LogP contribution < -0.4 is 10.6 Å². The van der Waals surface area contributed by atoms with E-state index in [1.54, 1.807) is 18.2 Å². The molecule has 0 spiro atoms. The smallest absolute Gasteiger partial charge is 0.239 e. The third-order valence-electron chi connectivity index (χ3n) is 3.05. The molecule has 0 fully saturated rings. The Morgan fingerprint density at radius 1 is 1.14 bits per heavy atom. The zero-order valence-electron chi connectivity index (χ0n) is 11.6. The van der Waals surface area contributed by atoms with Gasteiger partial charge < -0.3 is 10.6 Å². The van der Waals surface area contributed by atoms with Crippen molar-refractivity contribution in [1.29, 1.82) is 0 Å². The molecular weight excluding hydrogens is 307 g/mol. The first kappa shape index (κ1) is 15.7. The molecule has 3 nitrogen and oxygen atoms in total. The van der Waals surface area contributed by atoms with Crippen molar-refractivity contribution in [3.8, 4) is 0 Å². The Balaban J connectivity index is 1.87. The second-order valence-corrected chi connectivity index (χ2v) is 5.52. The van der Waals surface area contributed by atoms with Gasteiger partial charge in [-0.25, -0.2) is 0 Å². The lowest BCUT2D eigenvalue weighted by Crippen LogP contribution is -2.32. The van der Waals surface area contributed by atoms with Crippen molar-refractivity contribution in [2.45, 2.75) is 13.0 Å². The van der Waals surface area contributed by atoms with Crippen LogP contribution in [0.15, 0.2) is 48.5 Å². The summed E-state index contributed by atoms with van der Waals surface area (Å²) in [6, 6.07) is 14.9. The fraction of sp³-hybridized carbons (Fsp3) is 0.188. The summed E-state index contributed by atoms with van der Waals surface area (Å²) in [4.78, 5) is 11.9. The van der Waals surface area contributed by atoms with Gasteiger partial charge in [0.15, 0.2) is 0 Å². The molecule has 0 saturated heterocycles. The van der Waals surface area contributed by atoms with Crippen LogP contribution in [0.2, 0.25) is 10.0 Å². The van der Waals surface area contributed by atoms with Crippen molar-refractivity contribution in [3.63, 3.8) is 0 Å². The number of amides is 1. The molecular formula is C16H16Cl2N2O. The van der Waals surface area contributed by atoms with Crippen LogP contribution >= 0.6 is 23.2 Å². The average Bonchev–Trinajstić information content (AvgIpc) is 2.47. The number of halogens is 2. The topological polar surface area (TPSA) is 41.1 Å². The van der Waals surface area contributed by atoms with Gasteiger partial charge in [0.05, 0.1) is 23.3 Å². The third kappa shape index (κ3) is 4.66. The predicted octanol–water partition coefficient (Wildman–Crippen LogP) is 4.28. The summed E-state index contributed by atoms with van der Waals surface area (Å²) >= 11 is 11.9. The van der Waals surface area contributed by atoms with Crippen molar-refractivity contribution in [2.75, 3.05) is 11.9 Å². The first-order chi connectivity index (χ1) is 10.1. The highest BCUT2D eigenvalue weighted by molar-refractivity contribution is 6.36. The third-order valence-corrected chi connectivity index (χ3v) is 3.60. The number of anilines is 1. The lowest BCUT2D eigenvalue weighted by atomic mass is 10.1. The molecule has 2 aromatic rings. The number of carbonyl (C=O) groups is 1. The number of carbonyl (C=O) groups excluding carboxylic acids is 1. The highest BCUT2D eigenvalue weighted by Gasteiger charge is 2.09. The van der Waals surface area contributed by atoms with Gasteiger partial charge in [0.1, 0.15) is 0 Å². The first-order valence-electron chi connectivity index (χ1n) is 6.59. The van der Waals surface area contributed by atoms with Crippen LogP contribution in [0.4, 0.5) is 5.69 Å². The van der Waals surface area contributed by atoms with E-state index in [1.165, 1.54) is 0 Å². The van der Waals surface area contributed by atoms with E-state index in [9.17, 15) is 4.79 Å². The van der Waals surface area contributed by atoms with Crippen molar-refractivity contribution in [2.24, 2.45) is 0 Å². The minimum Gasteiger partial charge on any atom is -0.375 e. The van der Waals surface area contributed by atoms with E-state index >= 15 is 0 Å². The number of hydrogen-bond donors (Lipinski definition) is 2. The van der Waals surface area contributed by atoms with Crippen molar-refractivity contribution in [1.82, 2.24) is 5.32 Å². The molecule has 0 heterocycles. The van der Waals surface area contributed by atoms with Gasteiger partial charge in [-0.15, -0.1) is 0 Å². The second-order valence-electron chi connectivity index (χ2n) is 4.68. The van der Waals surface area contributed by atoms with Gasteiger partial charge in [0.25, 0.3) is 0 Å². The van der Waals surface area contributed by atoms with Crippen LogP contribution in [0.1, 0.15) is 18.5 Å². The largest absolute Gasteiger partial charge is 0.375 e. The predicted molar refractivity (Wildman–Crippen MR) is 88.0 cm³/mol. The van der Waals surface area contributed by atoms with E-state index in [1.807, 2.05) is 37.3 Å². The van der Waals surface area contributed by atoms with E-state index in [0.717, 1.165) is 5.56 Å². The standard InChI is InChI=1S/C16H16Cl2N2O/c1-11(12-5-3-2-4-6-12)20-16(21)10-19-15-8-7-13(17)9-14(15)18/h2-9,11,19H,10H2,1H3,(H,20,21). The Morgan fingerprint density at radius 2 is 1.86 bits per heavy atom. The first-order valence-corrected chi connectivity index (χ1v) is 7.35. The summed E-state index contributed by atoms with van der Waals surface area (Å²) in [6.07, 6.45) is 0. The Morgan fingerprint density at radius 3 is 2.52 bits per heavy atom. The number of hydrogen-bond acceptors (Lipinski definition) is 2. The fourth-order valence-electron chi connectivity index (χ4n) is 1.93. The van der Waals surface area contributed by atoms with E-state index in [2.05, 4.69) is 10.6 Å². The van der Waals surface area contributed by atoms with Crippen LogP contribution in [0.5, 0.6) is 0 Å². The van der Waals surface area contributed by atoms with E-state index in [0.29, 0.717) is 15.7 Å². The highest BCUT2D eigenvalue weighted by Crippen LogP contribution is 2.25. The molecule has 2 N–H and O–H groups in total. The normalized spacial score (nSPS) is 11.8. The molecule has 0 bridgehead atoms. The minimum atomic E-state index is -0.0997. The number of benzene rings is 2. The minimum absolute atomic E-state index is 0.0406. The lowest BCUT2D eigenvalue weighted by molar-refractivity contribution is -0.120. The molecule has 2 aromatic carbocycles. The van der Waals surface area contributed by atoms with Gasteiger partial charge in [0.2, 0.25) is 5.91 Å². The second kappa shape index (κ2) is 7.34. The Hall–Kier alpha value is -1.71. The maximum Gasteiger partial charge on any atom is 0.239 e. The maximum atomic E-state index is 11.9. The number of rotatable bonds is 5. The molecule has 0 aliphatic carbocycles. The maximum absolute atomic E-state index is 11.9. The molecule has 0 aliphatic heterocycles. The highest BCUT2D eigenvalue weighted by atomic mass is 35.5. The van der Waals surface area contributed by atoms with Crippen LogP contribution in [0, 0.1) is 0 Å². The summed E-state index contributed by atoms with van der Waals surface area (Å²) < 4.78 is 0. The van der Waals surface area contributed by atoms with Crippen molar-refractivity contribution in [3.05, 3.63) is 64.1 Å². The van der Waals surface area contributed by atoms with Crippen LogP contribution in [0.25, 0.3) is 0 Å². The molecule has 5 heteroatoms. The van der Waals surface area contributed by atoms with Gasteiger partial charge in [-0.1, -0.05) is 53.5 Å². The summed E-state index contributed by atoms with van der Waals surface area (Å²) in [6.45, 7) is 2.10. The number of nitrogens with one attached hydrogen (secondary N) is 2. The summed E-state index contributed by atoms with van der Waals surface area (Å²) in [7, 11) is 0. The molecule has 1 unspecified atom stereocenters. The van der Waals surface area contributed by atoms with E-state index in [4.69, 9.17) is 23.2 Å². The van der Waals surface area contributed by atoms with Gasteiger partial charge in [-0.2, -0.15) is 0 Å². The van der Waals surface area contributed by atoms with Crippen molar-refractivity contribution < 1.29 is 4.79 Å². The monoisotopic (exact) mass is 322 g/mol. The molecule has 2 rings (SSSR count). The fourth-order valence-corrected chi connectivity index (χ4v) is 2.40. The molecule has 110 valence electrons. The summed E-state index contributed by atoms with van der Waals surface area (Å²) in [5, 5.41) is 6.98. The van der Waals surface area contributed by atoms with Crippen LogP contribution in [-0.4, -0.2) is 12.5 Å². The van der Waals surface area contributed by atoms with Gasteiger partial charge in [-0.05, 0) is 30.7 Å². The zero-order valence-corrected chi connectivity index (χ0v) is 13.1.